The number of benzene rings is 5. The first-order chi connectivity index (χ1) is 31.5. The number of hydrogen-bond acceptors (Lipinski definition) is 26. The molecule has 5 unspecified atom stereocenters. The summed E-state index contributed by atoms with van der Waals surface area (Å²) >= 11 is 0. The Morgan fingerprint density at radius 1 is 0.433 bits per heavy atom. The van der Waals surface area contributed by atoms with E-state index in [-0.39, 0.29) is 0 Å². The van der Waals surface area contributed by atoms with E-state index in [1.165, 1.54) is 0 Å². The van der Waals surface area contributed by atoms with Crippen LogP contribution >= 0.6 is 0 Å². The summed E-state index contributed by atoms with van der Waals surface area (Å²) in [5.41, 5.74) is -9.28. The average Bonchev–Trinajstić information content (AvgIpc) is 3.29. The molecule has 0 amide bonds. The van der Waals surface area contributed by atoms with Gasteiger partial charge in [-0.1, -0.05) is 0 Å². The number of carbonyl (C=O) groups is 5. The Labute approximate surface area is 368 Å². The Kier molecular flexibility index (Phi) is 10.2. The molecule has 15 N–H and O–H groups in total. The first kappa shape index (κ1) is 44.0. The van der Waals surface area contributed by atoms with Crippen molar-refractivity contribution in [3.05, 3.63) is 64.2 Å². The summed E-state index contributed by atoms with van der Waals surface area (Å²) in [6.45, 7) is -1.25. The third-order valence-electron chi connectivity index (χ3n) is 10.6. The second-order valence-electron chi connectivity index (χ2n) is 14.6. The molecular weight excluding hydrogens is 908 g/mol. The second-order valence-corrected chi connectivity index (χ2v) is 14.6. The Morgan fingerprint density at radius 2 is 0.776 bits per heavy atom. The van der Waals surface area contributed by atoms with Crippen LogP contribution in [0.25, 0.3) is 22.3 Å². The lowest BCUT2D eigenvalue weighted by molar-refractivity contribution is -0.282. The van der Waals surface area contributed by atoms with Gasteiger partial charge in [0.15, 0.2) is 75.5 Å². The summed E-state index contributed by atoms with van der Waals surface area (Å²) < 4.78 is 33.6. The fourth-order valence-corrected chi connectivity index (χ4v) is 7.44. The topological polar surface area (TPSA) is 444 Å². The van der Waals surface area contributed by atoms with Gasteiger partial charge in [0.1, 0.15) is 12.7 Å². The van der Waals surface area contributed by atoms with Gasteiger partial charge in [-0.25, -0.2) is 24.0 Å². The molecule has 0 spiro atoms. The summed E-state index contributed by atoms with van der Waals surface area (Å²) in [4.78, 5) is 70.7. The van der Waals surface area contributed by atoms with Gasteiger partial charge in [0, 0.05) is 22.3 Å². The standard InChI is InChI=1S/C41H28O26/c42-13-1-8(2-14(43)24(13)48)36(57)65-34-33-19(7-62-37(58)9-3-15(44)25(49)29(53)20(9)21-10(38(59)64-33)4-16(45)26(50)30(21)54)63-41-35(34)66-39(60)11-5-17(46)27(51)31(55)22(11)23-12(40(61)67-41)6-18(47)28(52)32(23)56/h1-6,19,33-35,41-56H,7H2. The smallest absolute Gasteiger partial charge is 0.341 e. The van der Waals surface area contributed by atoms with Crippen LogP contribution in [0.2, 0.25) is 0 Å². The van der Waals surface area contributed by atoms with Crippen molar-refractivity contribution in [2.45, 2.75) is 30.7 Å². The van der Waals surface area contributed by atoms with Crippen molar-refractivity contribution < 1.29 is 129 Å². The zero-order valence-corrected chi connectivity index (χ0v) is 32.8. The van der Waals surface area contributed by atoms with Gasteiger partial charge in [-0.3, -0.25) is 0 Å². The molecule has 3 heterocycles. The number of fused-ring (bicyclic) bond motifs is 8. The maximum absolute atomic E-state index is 14.4. The third-order valence-corrected chi connectivity index (χ3v) is 10.6. The second kappa shape index (κ2) is 15.6. The molecule has 5 atom stereocenters. The molecule has 0 aromatic heterocycles. The summed E-state index contributed by atoms with van der Waals surface area (Å²) in [6.07, 6.45) is -12.1. The summed E-state index contributed by atoms with van der Waals surface area (Å²) in [5, 5.41) is 158. The molecule has 0 aliphatic carbocycles. The van der Waals surface area contributed by atoms with Crippen LogP contribution in [0.3, 0.4) is 0 Å². The molecule has 5 aromatic rings. The van der Waals surface area contributed by atoms with Crippen LogP contribution in [0.5, 0.6) is 86.2 Å². The maximum atomic E-state index is 14.4. The highest BCUT2D eigenvalue weighted by Crippen LogP contribution is 2.55. The molecule has 348 valence electrons. The first-order valence-corrected chi connectivity index (χ1v) is 18.6. The summed E-state index contributed by atoms with van der Waals surface area (Å²) in [5.74, 6) is -28.2. The Hall–Kier alpha value is -9.59. The normalized spacial score (nSPS) is 20.0. The van der Waals surface area contributed by atoms with Gasteiger partial charge >= 0.3 is 29.8 Å². The molecule has 3 aliphatic rings. The van der Waals surface area contributed by atoms with Gasteiger partial charge in [-0.05, 0) is 36.4 Å². The van der Waals surface area contributed by atoms with Gasteiger partial charge in [0.05, 0.1) is 27.8 Å². The van der Waals surface area contributed by atoms with Crippen molar-refractivity contribution in [2.24, 2.45) is 0 Å². The molecular formula is C41H28O26. The van der Waals surface area contributed by atoms with E-state index >= 15 is 0 Å². The van der Waals surface area contributed by atoms with E-state index in [9.17, 15) is 101 Å². The number of phenols is 15. The van der Waals surface area contributed by atoms with E-state index < -0.39 is 203 Å². The predicted molar refractivity (Wildman–Crippen MR) is 207 cm³/mol. The van der Waals surface area contributed by atoms with E-state index in [4.69, 9.17) is 28.4 Å². The number of esters is 5. The number of cyclic esters (lactones) is 1. The van der Waals surface area contributed by atoms with Crippen LogP contribution < -0.4 is 0 Å². The van der Waals surface area contributed by atoms with Crippen molar-refractivity contribution in [1.82, 2.24) is 0 Å². The van der Waals surface area contributed by atoms with Crippen molar-refractivity contribution in [2.75, 3.05) is 6.61 Å². The number of hydrogen-bond donors (Lipinski definition) is 15. The van der Waals surface area contributed by atoms with Crippen molar-refractivity contribution >= 4 is 29.8 Å². The Bertz CT molecular complexity index is 3010. The molecule has 26 heteroatoms. The molecule has 1 fully saturated rings. The lowest BCUT2D eigenvalue weighted by Gasteiger charge is -2.44. The summed E-state index contributed by atoms with van der Waals surface area (Å²) in [7, 11) is 0. The minimum Gasteiger partial charge on any atom is -0.504 e. The predicted octanol–water partition coefficient (Wildman–Crippen LogP) is 1.65. The molecule has 0 radical (unpaired) electrons. The molecule has 3 aliphatic heterocycles. The van der Waals surface area contributed by atoms with Crippen molar-refractivity contribution in [3.63, 3.8) is 0 Å². The van der Waals surface area contributed by atoms with Crippen LogP contribution in [0.15, 0.2) is 36.4 Å². The summed E-state index contributed by atoms with van der Waals surface area (Å²) in [6, 6.07) is 2.81. The highest BCUT2D eigenvalue weighted by atomic mass is 16.7. The molecule has 67 heavy (non-hydrogen) atoms. The van der Waals surface area contributed by atoms with Gasteiger partial charge < -0.3 is 105 Å². The van der Waals surface area contributed by atoms with E-state index in [1.807, 2.05) is 0 Å². The number of aromatic hydroxyl groups is 15. The molecule has 0 bridgehead atoms. The van der Waals surface area contributed by atoms with E-state index in [1.54, 1.807) is 0 Å². The molecule has 1 saturated heterocycles. The van der Waals surface area contributed by atoms with Crippen LogP contribution in [0.1, 0.15) is 51.8 Å². The Morgan fingerprint density at radius 3 is 1.18 bits per heavy atom. The van der Waals surface area contributed by atoms with Crippen LogP contribution in [-0.4, -0.2) is 144 Å². The zero-order valence-electron chi connectivity index (χ0n) is 32.8. The first-order valence-electron chi connectivity index (χ1n) is 18.6. The largest absolute Gasteiger partial charge is 0.504 e. The van der Waals surface area contributed by atoms with Crippen LogP contribution in [0, 0.1) is 0 Å². The van der Waals surface area contributed by atoms with Gasteiger partial charge in [0.2, 0.25) is 35.4 Å². The number of phenolic OH excluding ortho intramolecular Hbond substituents is 15. The van der Waals surface area contributed by atoms with Gasteiger partial charge in [0.25, 0.3) is 0 Å². The Balaban J connectivity index is 1.36. The monoisotopic (exact) mass is 936 g/mol. The lowest BCUT2D eigenvalue weighted by atomic mass is 9.91. The third kappa shape index (κ3) is 6.91. The molecule has 0 saturated carbocycles. The van der Waals surface area contributed by atoms with E-state index in [0.717, 1.165) is 0 Å². The van der Waals surface area contributed by atoms with Crippen LogP contribution in [0.4, 0.5) is 0 Å². The minimum atomic E-state index is -2.53. The highest BCUT2D eigenvalue weighted by molar-refractivity contribution is 6.10. The van der Waals surface area contributed by atoms with Crippen LogP contribution in [-0.2, 0) is 28.4 Å². The van der Waals surface area contributed by atoms with Crippen molar-refractivity contribution in [1.29, 1.82) is 0 Å². The van der Waals surface area contributed by atoms with Crippen molar-refractivity contribution in [3.8, 4) is 108 Å². The van der Waals surface area contributed by atoms with Gasteiger partial charge in [-0.2, -0.15) is 0 Å². The molecule has 5 aromatic carbocycles. The zero-order chi connectivity index (χ0) is 48.8. The van der Waals surface area contributed by atoms with Gasteiger partial charge in [-0.15, -0.1) is 0 Å². The fraction of sp³-hybridized carbons (Fsp3) is 0.146. The lowest BCUT2D eigenvalue weighted by Crippen LogP contribution is -2.63. The SMILES string of the molecule is O=C(OC1C2OC(=O)c3cc(O)c(O)c(O)c3-c3c(cc(O)c(O)c3O)C(=O)OCC2OC2OC(=O)c3cc(O)c(O)c(O)c3-c3c(cc(O)c(O)c3O)C(=O)OC21)c1cc(O)c(O)c(O)c1. The highest BCUT2D eigenvalue weighted by Gasteiger charge is 2.56. The number of carbonyl (C=O) groups excluding carboxylic acids is 5. The number of rotatable bonds is 2. The molecule has 8 rings (SSSR count). The fourth-order valence-electron chi connectivity index (χ4n) is 7.44. The number of ether oxygens (including phenoxy) is 6. The maximum Gasteiger partial charge on any atom is 0.341 e. The quantitative estimate of drug-likeness (QED) is 0.0679. The minimum absolute atomic E-state index is 0.407. The van der Waals surface area contributed by atoms with E-state index in [2.05, 4.69) is 0 Å². The van der Waals surface area contributed by atoms with E-state index in [0.29, 0.717) is 36.4 Å². The molecule has 26 nitrogen and oxygen atoms in total. The average molecular weight is 937 g/mol.